The molecule has 1 amide bonds. The third-order valence-corrected chi connectivity index (χ3v) is 2.60. The van der Waals surface area contributed by atoms with E-state index < -0.39 is 0 Å². The van der Waals surface area contributed by atoms with Crippen LogP contribution in [0.5, 0.6) is 11.5 Å². The summed E-state index contributed by atoms with van der Waals surface area (Å²) in [7, 11) is 3.19. The van der Waals surface area contributed by atoms with Crippen LogP contribution in [0.3, 0.4) is 0 Å². The molecule has 0 saturated carbocycles. The van der Waals surface area contributed by atoms with Gasteiger partial charge in [0.1, 0.15) is 17.5 Å². The molecule has 1 aromatic carbocycles. The highest BCUT2D eigenvalue weighted by molar-refractivity contribution is 5.85. The lowest BCUT2D eigenvalue weighted by Crippen LogP contribution is -2.41. The molecule has 0 radical (unpaired) electrons. The number of amides is 1. The second kappa shape index (κ2) is 6.87. The molecule has 19 heavy (non-hydrogen) atoms. The van der Waals surface area contributed by atoms with Gasteiger partial charge in [-0.05, 0) is 32.9 Å². The second-order valence-corrected chi connectivity index (χ2v) is 4.60. The van der Waals surface area contributed by atoms with E-state index in [-0.39, 0.29) is 18.0 Å². The molecule has 106 valence electrons. The lowest BCUT2D eigenvalue weighted by molar-refractivity contribution is -0.122. The molecule has 1 unspecified atom stereocenters. The highest BCUT2D eigenvalue weighted by Crippen LogP contribution is 2.29. The molecule has 0 aliphatic rings. The van der Waals surface area contributed by atoms with Crippen molar-refractivity contribution < 1.29 is 14.3 Å². The highest BCUT2D eigenvalue weighted by atomic mass is 16.5. The summed E-state index contributed by atoms with van der Waals surface area (Å²) in [5, 5.41) is 5.98. The standard InChI is InChI=1S/C14H22N2O3/c1-9(2)15-14(17)10(3)16-12-8-11(18-4)6-7-13(12)19-5/h6-10,16H,1-5H3,(H,15,17). The Hall–Kier alpha value is -1.91. The van der Waals surface area contributed by atoms with Crippen molar-refractivity contribution in [3.8, 4) is 11.5 Å². The van der Waals surface area contributed by atoms with Crippen LogP contribution in [0.2, 0.25) is 0 Å². The molecule has 0 heterocycles. The molecule has 5 heteroatoms. The average molecular weight is 266 g/mol. The highest BCUT2D eigenvalue weighted by Gasteiger charge is 2.15. The molecular weight excluding hydrogens is 244 g/mol. The number of carbonyl (C=O) groups is 1. The Balaban J connectivity index is 2.82. The summed E-state index contributed by atoms with van der Waals surface area (Å²) < 4.78 is 10.4. The van der Waals surface area contributed by atoms with Crippen molar-refractivity contribution >= 4 is 11.6 Å². The largest absolute Gasteiger partial charge is 0.497 e. The average Bonchev–Trinajstić information content (AvgIpc) is 2.37. The van der Waals surface area contributed by atoms with E-state index in [0.717, 1.165) is 5.69 Å². The Morgan fingerprint density at radius 3 is 2.37 bits per heavy atom. The van der Waals surface area contributed by atoms with Crippen LogP contribution in [0.15, 0.2) is 18.2 Å². The van der Waals surface area contributed by atoms with Gasteiger partial charge in [0.2, 0.25) is 5.91 Å². The van der Waals surface area contributed by atoms with E-state index >= 15 is 0 Å². The lowest BCUT2D eigenvalue weighted by Gasteiger charge is -2.19. The Morgan fingerprint density at radius 2 is 1.84 bits per heavy atom. The first-order chi connectivity index (χ1) is 8.97. The van der Waals surface area contributed by atoms with E-state index in [2.05, 4.69) is 10.6 Å². The SMILES string of the molecule is COc1ccc(OC)c(NC(C)C(=O)NC(C)C)c1. The number of anilines is 1. The monoisotopic (exact) mass is 266 g/mol. The van der Waals surface area contributed by atoms with Gasteiger partial charge in [-0.25, -0.2) is 0 Å². The van der Waals surface area contributed by atoms with Gasteiger partial charge in [-0.2, -0.15) is 0 Å². The number of hydrogen-bond acceptors (Lipinski definition) is 4. The Labute approximate surface area is 114 Å². The predicted molar refractivity (Wildman–Crippen MR) is 75.9 cm³/mol. The van der Waals surface area contributed by atoms with E-state index in [4.69, 9.17) is 9.47 Å². The van der Waals surface area contributed by atoms with E-state index in [1.54, 1.807) is 33.3 Å². The minimum absolute atomic E-state index is 0.0557. The maximum atomic E-state index is 11.9. The Bertz CT molecular complexity index is 433. The zero-order chi connectivity index (χ0) is 14.4. The lowest BCUT2D eigenvalue weighted by atomic mass is 10.2. The minimum atomic E-state index is -0.358. The molecule has 2 N–H and O–H groups in total. The third kappa shape index (κ3) is 4.35. The van der Waals surface area contributed by atoms with Crippen LogP contribution in [0.25, 0.3) is 0 Å². The third-order valence-electron chi connectivity index (χ3n) is 2.60. The van der Waals surface area contributed by atoms with Gasteiger partial charge in [0.15, 0.2) is 0 Å². The fourth-order valence-corrected chi connectivity index (χ4v) is 1.64. The first-order valence-corrected chi connectivity index (χ1v) is 6.26. The zero-order valence-electron chi connectivity index (χ0n) is 12.1. The summed E-state index contributed by atoms with van der Waals surface area (Å²) >= 11 is 0. The maximum absolute atomic E-state index is 11.9. The summed E-state index contributed by atoms with van der Waals surface area (Å²) in [4.78, 5) is 11.9. The van der Waals surface area contributed by atoms with Crippen molar-refractivity contribution in [2.45, 2.75) is 32.9 Å². The van der Waals surface area contributed by atoms with E-state index in [9.17, 15) is 4.79 Å². The van der Waals surface area contributed by atoms with Crippen LogP contribution in [0, 0.1) is 0 Å². The van der Waals surface area contributed by atoms with Crippen LogP contribution >= 0.6 is 0 Å². The smallest absolute Gasteiger partial charge is 0.242 e. The number of benzene rings is 1. The molecule has 0 fully saturated rings. The first kappa shape index (κ1) is 15.1. The van der Waals surface area contributed by atoms with Gasteiger partial charge in [-0.3, -0.25) is 4.79 Å². The predicted octanol–water partition coefficient (Wildman–Crippen LogP) is 2.03. The zero-order valence-corrected chi connectivity index (χ0v) is 12.1. The topological polar surface area (TPSA) is 59.6 Å². The summed E-state index contributed by atoms with van der Waals surface area (Å²) in [6.07, 6.45) is 0. The molecule has 0 spiro atoms. The van der Waals surface area contributed by atoms with Gasteiger partial charge in [0.25, 0.3) is 0 Å². The first-order valence-electron chi connectivity index (χ1n) is 6.26. The van der Waals surface area contributed by atoms with Gasteiger partial charge in [-0.15, -0.1) is 0 Å². The number of nitrogens with one attached hydrogen (secondary N) is 2. The molecule has 0 aromatic heterocycles. The van der Waals surface area contributed by atoms with Crippen LogP contribution in [0.1, 0.15) is 20.8 Å². The Morgan fingerprint density at radius 1 is 1.16 bits per heavy atom. The normalized spacial score (nSPS) is 11.9. The molecule has 0 aliphatic carbocycles. The Kier molecular flexibility index (Phi) is 5.48. The summed E-state index contributed by atoms with van der Waals surface area (Å²) in [5.41, 5.74) is 0.730. The molecular formula is C14H22N2O3. The van der Waals surface area contributed by atoms with Crippen molar-refractivity contribution in [1.82, 2.24) is 5.32 Å². The summed E-state index contributed by atoms with van der Waals surface area (Å²) in [6, 6.07) is 5.17. The van der Waals surface area contributed by atoms with Crippen molar-refractivity contribution in [3.05, 3.63) is 18.2 Å². The van der Waals surface area contributed by atoms with Crippen LogP contribution in [0.4, 0.5) is 5.69 Å². The van der Waals surface area contributed by atoms with Crippen LogP contribution < -0.4 is 20.1 Å². The number of carbonyl (C=O) groups excluding carboxylic acids is 1. The maximum Gasteiger partial charge on any atom is 0.242 e. The molecule has 1 rings (SSSR count). The van der Waals surface area contributed by atoms with Crippen molar-refractivity contribution in [2.75, 3.05) is 19.5 Å². The molecule has 1 aromatic rings. The number of rotatable bonds is 6. The van der Waals surface area contributed by atoms with Crippen molar-refractivity contribution in [1.29, 1.82) is 0 Å². The molecule has 0 aliphatic heterocycles. The molecule has 0 bridgehead atoms. The van der Waals surface area contributed by atoms with Gasteiger partial charge in [-0.1, -0.05) is 0 Å². The van der Waals surface area contributed by atoms with Crippen molar-refractivity contribution in [2.24, 2.45) is 0 Å². The van der Waals surface area contributed by atoms with Gasteiger partial charge in [0, 0.05) is 12.1 Å². The van der Waals surface area contributed by atoms with Crippen LogP contribution in [-0.2, 0) is 4.79 Å². The molecule has 1 atom stereocenters. The van der Waals surface area contributed by atoms with Gasteiger partial charge < -0.3 is 20.1 Å². The number of methoxy groups -OCH3 is 2. The van der Waals surface area contributed by atoms with Gasteiger partial charge in [0.05, 0.1) is 19.9 Å². The fraction of sp³-hybridized carbons (Fsp3) is 0.500. The van der Waals surface area contributed by atoms with Gasteiger partial charge >= 0.3 is 0 Å². The van der Waals surface area contributed by atoms with E-state index in [1.807, 2.05) is 19.9 Å². The molecule has 5 nitrogen and oxygen atoms in total. The van der Waals surface area contributed by atoms with Crippen molar-refractivity contribution in [3.63, 3.8) is 0 Å². The fourth-order valence-electron chi connectivity index (χ4n) is 1.64. The number of hydrogen-bond donors (Lipinski definition) is 2. The van der Waals surface area contributed by atoms with Crippen LogP contribution in [-0.4, -0.2) is 32.2 Å². The minimum Gasteiger partial charge on any atom is -0.497 e. The van der Waals surface area contributed by atoms with E-state index in [0.29, 0.717) is 11.5 Å². The summed E-state index contributed by atoms with van der Waals surface area (Å²) in [6.45, 7) is 5.66. The summed E-state index contributed by atoms with van der Waals surface area (Å²) in [5.74, 6) is 1.32. The second-order valence-electron chi connectivity index (χ2n) is 4.60. The quantitative estimate of drug-likeness (QED) is 0.827. The van der Waals surface area contributed by atoms with E-state index in [1.165, 1.54) is 0 Å². The number of ether oxygens (including phenoxy) is 2. The molecule has 0 saturated heterocycles.